The van der Waals surface area contributed by atoms with Gasteiger partial charge >= 0.3 is 0 Å². The number of anilines is 1. The van der Waals surface area contributed by atoms with Crippen molar-refractivity contribution < 1.29 is 4.79 Å². The largest absolute Gasteiger partial charge is 0.293 e. The summed E-state index contributed by atoms with van der Waals surface area (Å²) in [6, 6.07) is 0.356. The Morgan fingerprint density at radius 1 is 1.50 bits per heavy atom. The summed E-state index contributed by atoms with van der Waals surface area (Å²) in [5, 5.41) is 0.212. The average Bonchev–Trinajstić information content (AvgIpc) is 2.90. The second-order valence-corrected chi connectivity index (χ2v) is 4.00. The van der Waals surface area contributed by atoms with Crippen molar-refractivity contribution in [2.24, 2.45) is 0 Å². The maximum absolute atomic E-state index is 11.6. The van der Waals surface area contributed by atoms with Crippen molar-refractivity contribution >= 4 is 23.3 Å². The number of hydrogen-bond donors (Lipinski definition) is 0. The molecule has 0 saturated heterocycles. The number of fused-ring (bicyclic) bond motifs is 1. The van der Waals surface area contributed by atoms with Crippen LogP contribution in [0.25, 0.3) is 0 Å². The molecule has 0 N–H and O–H groups in total. The highest BCUT2D eigenvalue weighted by Gasteiger charge is 2.40. The van der Waals surface area contributed by atoms with Crippen molar-refractivity contribution in [2.75, 3.05) is 4.90 Å². The zero-order valence-corrected chi connectivity index (χ0v) is 8.16. The van der Waals surface area contributed by atoms with Crippen LogP contribution in [0.2, 0.25) is 5.28 Å². The van der Waals surface area contributed by atoms with E-state index in [1.165, 1.54) is 0 Å². The van der Waals surface area contributed by atoms with Crippen LogP contribution in [-0.4, -0.2) is 21.9 Å². The van der Waals surface area contributed by atoms with Crippen LogP contribution in [0.1, 0.15) is 18.4 Å². The molecule has 1 amide bonds. The number of amides is 1. The van der Waals surface area contributed by atoms with Crippen LogP contribution in [0.15, 0.2) is 6.20 Å². The standard InChI is InChI=1S/C9H8ClN3O/c10-9-11-4-5-3-7(14)13(6-1-2-6)8(5)12-9/h4,6H,1-3H2. The Balaban J connectivity index is 2.09. The van der Waals surface area contributed by atoms with Gasteiger partial charge in [0.05, 0.1) is 6.42 Å². The minimum absolute atomic E-state index is 0.124. The van der Waals surface area contributed by atoms with Gasteiger partial charge in [-0.2, -0.15) is 4.98 Å². The van der Waals surface area contributed by atoms with Gasteiger partial charge in [-0.25, -0.2) is 4.98 Å². The van der Waals surface area contributed by atoms with E-state index in [2.05, 4.69) is 9.97 Å². The fraction of sp³-hybridized carbons (Fsp3) is 0.444. The van der Waals surface area contributed by atoms with E-state index < -0.39 is 0 Å². The van der Waals surface area contributed by atoms with Gasteiger partial charge < -0.3 is 0 Å². The number of hydrogen-bond acceptors (Lipinski definition) is 3. The summed E-state index contributed by atoms with van der Waals surface area (Å²) in [6.45, 7) is 0. The van der Waals surface area contributed by atoms with E-state index in [-0.39, 0.29) is 11.2 Å². The van der Waals surface area contributed by atoms with E-state index in [4.69, 9.17) is 11.6 Å². The third-order valence-electron chi connectivity index (χ3n) is 2.56. The van der Waals surface area contributed by atoms with Gasteiger partial charge in [0.1, 0.15) is 5.82 Å². The lowest BCUT2D eigenvalue weighted by atomic mass is 10.3. The lowest BCUT2D eigenvalue weighted by Gasteiger charge is -2.14. The number of rotatable bonds is 1. The second-order valence-electron chi connectivity index (χ2n) is 3.66. The highest BCUT2D eigenvalue weighted by Crippen LogP contribution is 2.37. The summed E-state index contributed by atoms with van der Waals surface area (Å²) >= 11 is 5.70. The molecule has 3 rings (SSSR count). The first-order chi connectivity index (χ1) is 6.75. The van der Waals surface area contributed by atoms with Crippen LogP contribution in [0, 0.1) is 0 Å². The van der Waals surface area contributed by atoms with Gasteiger partial charge in [-0.1, -0.05) is 0 Å². The number of nitrogens with zero attached hydrogens (tertiary/aromatic N) is 3. The highest BCUT2D eigenvalue weighted by atomic mass is 35.5. The van der Waals surface area contributed by atoms with Gasteiger partial charge in [0.2, 0.25) is 11.2 Å². The molecule has 0 unspecified atom stereocenters. The topological polar surface area (TPSA) is 46.1 Å². The molecule has 0 bridgehead atoms. The predicted molar refractivity (Wildman–Crippen MR) is 51.3 cm³/mol. The first-order valence-electron chi connectivity index (χ1n) is 4.59. The summed E-state index contributed by atoms with van der Waals surface area (Å²) in [4.78, 5) is 21.4. The molecule has 4 nitrogen and oxygen atoms in total. The second kappa shape index (κ2) is 2.67. The van der Waals surface area contributed by atoms with Crippen LogP contribution in [0.5, 0.6) is 0 Å². The Morgan fingerprint density at radius 3 is 3.00 bits per heavy atom. The van der Waals surface area contributed by atoms with Gasteiger partial charge in [0, 0.05) is 17.8 Å². The van der Waals surface area contributed by atoms with Crippen molar-refractivity contribution in [3.05, 3.63) is 17.0 Å². The van der Waals surface area contributed by atoms with Crippen molar-refractivity contribution in [1.82, 2.24) is 9.97 Å². The third kappa shape index (κ3) is 1.10. The molecule has 1 aliphatic carbocycles. The summed E-state index contributed by atoms with van der Waals surface area (Å²) in [5.41, 5.74) is 0.895. The number of carbonyl (C=O) groups excluding carboxylic acids is 1. The molecule has 2 heterocycles. The van der Waals surface area contributed by atoms with Gasteiger partial charge in [-0.15, -0.1) is 0 Å². The molecule has 0 radical (unpaired) electrons. The van der Waals surface area contributed by atoms with E-state index in [0.29, 0.717) is 12.5 Å². The Kier molecular flexibility index (Phi) is 1.56. The Bertz CT molecular complexity index is 417. The van der Waals surface area contributed by atoms with Gasteiger partial charge in [0.25, 0.3) is 0 Å². The minimum atomic E-state index is 0.124. The zero-order valence-electron chi connectivity index (χ0n) is 7.40. The van der Waals surface area contributed by atoms with E-state index >= 15 is 0 Å². The normalized spacial score (nSPS) is 20.1. The van der Waals surface area contributed by atoms with Gasteiger partial charge in [0.15, 0.2) is 0 Å². The van der Waals surface area contributed by atoms with Crippen molar-refractivity contribution in [2.45, 2.75) is 25.3 Å². The van der Waals surface area contributed by atoms with Gasteiger partial charge in [-0.3, -0.25) is 9.69 Å². The van der Waals surface area contributed by atoms with Crippen LogP contribution in [0.3, 0.4) is 0 Å². The molecular weight excluding hydrogens is 202 g/mol. The molecule has 2 aliphatic rings. The molecule has 14 heavy (non-hydrogen) atoms. The number of halogens is 1. The molecule has 1 fully saturated rings. The number of aromatic nitrogens is 2. The summed E-state index contributed by atoms with van der Waals surface area (Å²) in [5.74, 6) is 0.844. The van der Waals surface area contributed by atoms with Crippen molar-refractivity contribution in [3.8, 4) is 0 Å². The van der Waals surface area contributed by atoms with E-state index in [1.807, 2.05) is 0 Å². The minimum Gasteiger partial charge on any atom is -0.293 e. The SMILES string of the molecule is O=C1Cc2cnc(Cl)nc2N1C1CC1. The van der Waals surface area contributed by atoms with E-state index in [0.717, 1.165) is 24.2 Å². The lowest BCUT2D eigenvalue weighted by Crippen LogP contribution is -2.29. The fourth-order valence-electron chi connectivity index (χ4n) is 1.79. The molecule has 1 aliphatic heterocycles. The molecule has 0 atom stereocenters. The molecule has 0 spiro atoms. The zero-order chi connectivity index (χ0) is 9.71. The first-order valence-corrected chi connectivity index (χ1v) is 4.97. The van der Waals surface area contributed by atoms with Crippen LogP contribution in [0.4, 0.5) is 5.82 Å². The Morgan fingerprint density at radius 2 is 2.29 bits per heavy atom. The quantitative estimate of drug-likeness (QED) is 0.653. The highest BCUT2D eigenvalue weighted by molar-refractivity contribution is 6.28. The Labute approximate surface area is 85.9 Å². The molecular formula is C9H8ClN3O. The van der Waals surface area contributed by atoms with E-state index in [9.17, 15) is 4.79 Å². The Hall–Kier alpha value is -1.16. The number of carbonyl (C=O) groups is 1. The van der Waals surface area contributed by atoms with Crippen molar-refractivity contribution in [1.29, 1.82) is 0 Å². The van der Waals surface area contributed by atoms with Crippen LogP contribution < -0.4 is 4.90 Å². The molecule has 5 heteroatoms. The molecule has 1 saturated carbocycles. The average molecular weight is 210 g/mol. The summed E-state index contributed by atoms with van der Waals surface area (Å²) < 4.78 is 0. The summed E-state index contributed by atoms with van der Waals surface area (Å²) in [7, 11) is 0. The maximum atomic E-state index is 11.6. The van der Waals surface area contributed by atoms with Gasteiger partial charge in [-0.05, 0) is 24.4 Å². The molecule has 72 valence electrons. The molecule has 1 aromatic heterocycles. The smallest absolute Gasteiger partial charge is 0.233 e. The maximum Gasteiger partial charge on any atom is 0.233 e. The molecule has 1 aromatic rings. The fourth-order valence-corrected chi connectivity index (χ4v) is 1.91. The van der Waals surface area contributed by atoms with Crippen LogP contribution >= 0.6 is 11.6 Å². The van der Waals surface area contributed by atoms with E-state index in [1.54, 1.807) is 11.1 Å². The first kappa shape index (κ1) is 8.17. The van der Waals surface area contributed by atoms with Crippen LogP contribution in [-0.2, 0) is 11.2 Å². The van der Waals surface area contributed by atoms with Crippen molar-refractivity contribution in [3.63, 3.8) is 0 Å². The summed E-state index contributed by atoms with van der Waals surface area (Å²) in [6.07, 6.45) is 4.22. The predicted octanol–water partition coefficient (Wildman–Crippen LogP) is 1.18. The third-order valence-corrected chi connectivity index (χ3v) is 2.74. The molecule has 0 aromatic carbocycles. The lowest BCUT2D eigenvalue weighted by molar-refractivity contribution is -0.117. The monoisotopic (exact) mass is 209 g/mol.